The molecule has 0 aliphatic carbocycles. The Morgan fingerprint density at radius 2 is 2.44 bits per heavy atom. The van der Waals surface area contributed by atoms with Crippen molar-refractivity contribution in [3.63, 3.8) is 0 Å². The fourth-order valence-electron chi connectivity index (χ4n) is 0.311. The Balaban J connectivity index is 3.04. The molecule has 0 saturated heterocycles. The number of nitrogens with zero attached hydrogens (tertiary/aromatic N) is 1. The van der Waals surface area contributed by atoms with Crippen molar-refractivity contribution in [3.05, 3.63) is 12.2 Å². The second-order valence-corrected chi connectivity index (χ2v) is 1.50. The molecule has 0 aliphatic heterocycles. The summed E-state index contributed by atoms with van der Waals surface area (Å²) in [7, 11) is 0. The number of hydrazone groups is 1. The topological polar surface area (TPSA) is 50.4 Å². The van der Waals surface area contributed by atoms with Crippen LogP contribution in [0, 0.1) is 0 Å². The van der Waals surface area contributed by atoms with E-state index in [0.717, 1.165) is 6.54 Å². The first-order valence-corrected chi connectivity index (χ1v) is 2.99. The van der Waals surface area contributed by atoms with Gasteiger partial charge in [-0.1, -0.05) is 6.08 Å². The Morgan fingerprint density at radius 1 is 1.67 bits per heavy atom. The van der Waals surface area contributed by atoms with Crippen molar-refractivity contribution >= 4 is 6.21 Å². The lowest BCUT2D eigenvalue weighted by atomic mass is 10.6. The molecule has 0 aromatic rings. The lowest BCUT2D eigenvalue weighted by Crippen LogP contribution is -2.17. The monoisotopic (exact) mass is 127 g/mol. The minimum Gasteiger partial charge on any atom is -0.329 e. The van der Waals surface area contributed by atoms with Gasteiger partial charge in [0.15, 0.2) is 0 Å². The molecule has 0 bridgehead atoms. The van der Waals surface area contributed by atoms with Crippen molar-refractivity contribution in [1.82, 2.24) is 5.43 Å². The molecule has 3 heteroatoms. The van der Waals surface area contributed by atoms with E-state index in [1.165, 1.54) is 0 Å². The van der Waals surface area contributed by atoms with Gasteiger partial charge in [-0.25, -0.2) is 0 Å². The van der Waals surface area contributed by atoms with Gasteiger partial charge in [0.25, 0.3) is 0 Å². The number of rotatable bonds is 4. The van der Waals surface area contributed by atoms with E-state index in [0.29, 0.717) is 6.54 Å². The highest BCUT2D eigenvalue weighted by Gasteiger charge is 1.70. The summed E-state index contributed by atoms with van der Waals surface area (Å²) in [6.45, 7) is 3.29. The van der Waals surface area contributed by atoms with E-state index >= 15 is 0 Å². The third-order valence-corrected chi connectivity index (χ3v) is 0.700. The van der Waals surface area contributed by atoms with Crippen LogP contribution < -0.4 is 11.2 Å². The highest BCUT2D eigenvalue weighted by Crippen LogP contribution is 1.62. The van der Waals surface area contributed by atoms with E-state index in [2.05, 4.69) is 10.5 Å². The molecule has 0 aromatic carbocycles. The molecule has 0 saturated carbocycles. The van der Waals surface area contributed by atoms with Gasteiger partial charge < -0.3 is 11.2 Å². The standard InChI is InChI=1S/C6H13N3/c1-2-3-5-8-9-6-4-7/h2-3,5,9H,4,6-7H2,1H3/b3-2-,8-5-. The highest BCUT2D eigenvalue weighted by atomic mass is 15.3. The van der Waals surface area contributed by atoms with Gasteiger partial charge in [0.1, 0.15) is 0 Å². The average Bonchev–Trinajstić information content (AvgIpc) is 1.89. The van der Waals surface area contributed by atoms with Gasteiger partial charge in [-0.15, -0.1) is 0 Å². The smallest absolute Gasteiger partial charge is 0.0464 e. The number of nitrogens with two attached hydrogens (primary N) is 1. The molecule has 0 atom stereocenters. The first-order chi connectivity index (χ1) is 4.41. The van der Waals surface area contributed by atoms with Crippen LogP contribution in [-0.4, -0.2) is 19.3 Å². The van der Waals surface area contributed by atoms with Gasteiger partial charge in [-0.2, -0.15) is 5.10 Å². The van der Waals surface area contributed by atoms with Gasteiger partial charge >= 0.3 is 0 Å². The van der Waals surface area contributed by atoms with Crippen molar-refractivity contribution in [1.29, 1.82) is 0 Å². The molecule has 3 N–H and O–H groups in total. The molecule has 0 rings (SSSR count). The maximum Gasteiger partial charge on any atom is 0.0464 e. The summed E-state index contributed by atoms with van der Waals surface area (Å²) in [6.07, 6.45) is 5.45. The molecule has 0 radical (unpaired) electrons. The van der Waals surface area contributed by atoms with Gasteiger partial charge in [-0.05, 0) is 13.0 Å². The Kier molecular flexibility index (Phi) is 6.51. The minimum absolute atomic E-state index is 0.618. The molecule has 0 fully saturated rings. The molecule has 0 aliphatic rings. The molecule has 0 heterocycles. The molecule has 0 amide bonds. The molecular weight excluding hydrogens is 114 g/mol. The molecule has 0 spiro atoms. The van der Waals surface area contributed by atoms with Crippen molar-refractivity contribution in [2.24, 2.45) is 10.8 Å². The molecule has 9 heavy (non-hydrogen) atoms. The van der Waals surface area contributed by atoms with E-state index in [1.54, 1.807) is 6.21 Å². The number of hydrogen-bond acceptors (Lipinski definition) is 3. The zero-order valence-electron chi connectivity index (χ0n) is 5.67. The zero-order chi connectivity index (χ0) is 6.95. The maximum atomic E-state index is 5.19. The lowest BCUT2D eigenvalue weighted by molar-refractivity contribution is 0.744. The van der Waals surface area contributed by atoms with Gasteiger partial charge in [-0.3, -0.25) is 0 Å². The number of hydrogen-bond donors (Lipinski definition) is 2. The van der Waals surface area contributed by atoms with Crippen molar-refractivity contribution in [3.8, 4) is 0 Å². The Hall–Kier alpha value is -0.830. The van der Waals surface area contributed by atoms with Crippen LogP contribution in [0.4, 0.5) is 0 Å². The second-order valence-electron chi connectivity index (χ2n) is 1.50. The molecule has 0 unspecified atom stereocenters. The van der Waals surface area contributed by atoms with E-state index in [9.17, 15) is 0 Å². The molecule has 3 nitrogen and oxygen atoms in total. The lowest BCUT2D eigenvalue weighted by Gasteiger charge is -1.91. The van der Waals surface area contributed by atoms with Gasteiger partial charge in [0.2, 0.25) is 0 Å². The summed E-state index contributed by atoms with van der Waals surface area (Å²) in [5.74, 6) is 0. The van der Waals surface area contributed by atoms with E-state index in [-0.39, 0.29) is 0 Å². The predicted molar refractivity (Wildman–Crippen MR) is 40.4 cm³/mol. The van der Waals surface area contributed by atoms with Crippen LogP contribution in [0.15, 0.2) is 17.3 Å². The first-order valence-electron chi connectivity index (χ1n) is 2.99. The van der Waals surface area contributed by atoms with Gasteiger partial charge in [0, 0.05) is 19.3 Å². The van der Waals surface area contributed by atoms with Gasteiger partial charge in [0.05, 0.1) is 0 Å². The second kappa shape index (κ2) is 7.17. The normalized spacial score (nSPS) is 11.3. The van der Waals surface area contributed by atoms with E-state index in [1.807, 2.05) is 19.1 Å². The highest BCUT2D eigenvalue weighted by molar-refractivity contribution is 5.70. The van der Waals surface area contributed by atoms with Crippen LogP contribution in [0.2, 0.25) is 0 Å². The third-order valence-electron chi connectivity index (χ3n) is 0.700. The average molecular weight is 127 g/mol. The minimum atomic E-state index is 0.618. The van der Waals surface area contributed by atoms with E-state index in [4.69, 9.17) is 5.73 Å². The quantitative estimate of drug-likeness (QED) is 0.319. The Bertz CT molecular complexity index is 96.5. The summed E-state index contributed by atoms with van der Waals surface area (Å²) >= 11 is 0. The summed E-state index contributed by atoms with van der Waals surface area (Å²) in [5.41, 5.74) is 7.95. The maximum absolute atomic E-state index is 5.19. The summed E-state index contributed by atoms with van der Waals surface area (Å²) in [6, 6.07) is 0. The number of allylic oxidation sites excluding steroid dienone is 2. The largest absolute Gasteiger partial charge is 0.329 e. The van der Waals surface area contributed by atoms with Crippen LogP contribution in [0.25, 0.3) is 0 Å². The van der Waals surface area contributed by atoms with Crippen LogP contribution in [0.3, 0.4) is 0 Å². The zero-order valence-corrected chi connectivity index (χ0v) is 5.67. The summed E-state index contributed by atoms with van der Waals surface area (Å²) in [5, 5.41) is 3.81. The van der Waals surface area contributed by atoms with Crippen molar-refractivity contribution in [2.75, 3.05) is 13.1 Å². The first kappa shape index (κ1) is 8.17. The molecule has 52 valence electrons. The Morgan fingerprint density at radius 3 is 3.00 bits per heavy atom. The van der Waals surface area contributed by atoms with Crippen LogP contribution in [0.5, 0.6) is 0 Å². The van der Waals surface area contributed by atoms with Crippen LogP contribution >= 0.6 is 0 Å². The SMILES string of the molecule is C/C=C\C=N/NCCN. The summed E-state index contributed by atoms with van der Waals surface area (Å²) < 4.78 is 0. The van der Waals surface area contributed by atoms with E-state index < -0.39 is 0 Å². The fourth-order valence-corrected chi connectivity index (χ4v) is 0.311. The third kappa shape index (κ3) is 7.17. The molecular formula is C6H13N3. The van der Waals surface area contributed by atoms with Crippen molar-refractivity contribution < 1.29 is 0 Å². The molecule has 0 aromatic heterocycles. The number of nitrogens with one attached hydrogen (secondary N) is 1. The van der Waals surface area contributed by atoms with Crippen LogP contribution in [0.1, 0.15) is 6.92 Å². The fraction of sp³-hybridized carbons (Fsp3) is 0.500. The Labute approximate surface area is 55.6 Å². The predicted octanol–water partition coefficient (Wildman–Crippen LogP) is 0.0966. The van der Waals surface area contributed by atoms with Crippen molar-refractivity contribution in [2.45, 2.75) is 6.92 Å². The summed E-state index contributed by atoms with van der Waals surface area (Å²) in [4.78, 5) is 0. The van der Waals surface area contributed by atoms with Crippen LogP contribution in [-0.2, 0) is 0 Å².